The summed E-state index contributed by atoms with van der Waals surface area (Å²) in [4.78, 5) is 18.6. The molecule has 1 atom stereocenters. The van der Waals surface area contributed by atoms with E-state index in [0.29, 0.717) is 6.54 Å². The number of amides is 1. The zero-order chi connectivity index (χ0) is 15.6. The molecule has 1 aliphatic heterocycles. The third-order valence-corrected chi connectivity index (χ3v) is 6.07. The number of aromatic nitrogens is 3. The summed E-state index contributed by atoms with van der Waals surface area (Å²) < 4.78 is 2.00. The van der Waals surface area contributed by atoms with E-state index in [1.54, 1.807) is 0 Å². The fourth-order valence-corrected chi connectivity index (χ4v) is 4.70. The minimum absolute atomic E-state index is 0.0868. The predicted molar refractivity (Wildman–Crippen MR) is 89.5 cm³/mol. The van der Waals surface area contributed by atoms with Gasteiger partial charge in [0.2, 0.25) is 5.91 Å². The van der Waals surface area contributed by atoms with Gasteiger partial charge < -0.3 is 5.32 Å². The summed E-state index contributed by atoms with van der Waals surface area (Å²) in [6.45, 7) is 1.54. The van der Waals surface area contributed by atoms with Crippen molar-refractivity contribution in [2.24, 2.45) is 5.92 Å². The van der Waals surface area contributed by atoms with Crippen LogP contribution in [0.1, 0.15) is 40.5 Å². The third kappa shape index (κ3) is 3.17. The first-order valence-corrected chi connectivity index (χ1v) is 9.37. The molecule has 2 aromatic heterocycles. The molecule has 122 valence electrons. The Morgan fingerprint density at radius 3 is 3.22 bits per heavy atom. The molecular weight excluding hydrogens is 308 g/mol. The van der Waals surface area contributed by atoms with E-state index < -0.39 is 0 Å². The molecule has 23 heavy (non-hydrogen) atoms. The largest absolute Gasteiger partial charge is 0.355 e. The molecule has 5 nitrogen and oxygen atoms in total. The molecule has 1 amide bonds. The zero-order valence-corrected chi connectivity index (χ0v) is 14.1. The van der Waals surface area contributed by atoms with Crippen molar-refractivity contribution in [2.45, 2.75) is 51.5 Å². The Kier molecular flexibility index (Phi) is 4.16. The van der Waals surface area contributed by atoms with Gasteiger partial charge in [0, 0.05) is 48.6 Å². The Balaban J connectivity index is 1.28. The maximum atomic E-state index is 12.4. The van der Waals surface area contributed by atoms with E-state index in [1.807, 2.05) is 28.3 Å². The summed E-state index contributed by atoms with van der Waals surface area (Å²) in [5.74, 6) is 0.266. The predicted octanol–water partition coefficient (Wildman–Crippen LogP) is 2.14. The van der Waals surface area contributed by atoms with Crippen molar-refractivity contribution in [3.63, 3.8) is 0 Å². The van der Waals surface area contributed by atoms with Gasteiger partial charge in [0.15, 0.2) is 0 Å². The van der Waals surface area contributed by atoms with Crippen molar-refractivity contribution >= 4 is 17.2 Å². The molecule has 1 N–H and O–H groups in total. The monoisotopic (exact) mass is 330 g/mol. The van der Waals surface area contributed by atoms with Crippen LogP contribution in [0.15, 0.2) is 12.3 Å². The third-order valence-electron chi connectivity index (χ3n) is 4.85. The molecule has 3 heterocycles. The second kappa shape index (κ2) is 6.43. The highest BCUT2D eigenvalue weighted by Crippen LogP contribution is 2.26. The molecule has 0 bridgehead atoms. The number of hydrogen-bond acceptors (Lipinski definition) is 4. The topological polar surface area (TPSA) is 59.8 Å². The molecule has 0 saturated heterocycles. The van der Waals surface area contributed by atoms with Crippen LogP contribution in [0.25, 0.3) is 0 Å². The fraction of sp³-hybridized carbons (Fsp3) is 0.588. The summed E-state index contributed by atoms with van der Waals surface area (Å²) in [5, 5.41) is 8.54. The molecule has 1 aliphatic carbocycles. The highest BCUT2D eigenvalue weighted by atomic mass is 32.1. The first kappa shape index (κ1) is 14.9. The molecule has 6 heteroatoms. The Bertz CT molecular complexity index is 682. The van der Waals surface area contributed by atoms with E-state index in [1.165, 1.54) is 40.5 Å². The number of nitrogens with one attached hydrogen (secondary N) is 1. The lowest BCUT2D eigenvalue weighted by molar-refractivity contribution is -0.125. The first-order chi connectivity index (χ1) is 11.3. The van der Waals surface area contributed by atoms with E-state index in [-0.39, 0.29) is 11.8 Å². The Labute approximate surface area is 140 Å². The maximum absolute atomic E-state index is 12.4. The van der Waals surface area contributed by atoms with Crippen LogP contribution in [0.5, 0.6) is 0 Å². The van der Waals surface area contributed by atoms with Crippen LogP contribution in [0.3, 0.4) is 0 Å². The van der Waals surface area contributed by atoms with Crippen molar-refractivity contribution in [2.75, 3.05) is 6.54 Å². The fourth-order valence-electron chi connectivity index (χ4n) is 3.54. The Morgan fingerprint density at radius 1 is 1.39 bits per heavy atom. The normalized spacial score (nSPS) is 19.9. The second-order valence-electron chi connectivity index (χ2n) is 6.46. The van der Waals surface area contributed by atoms with E-state index in [9.17, 15) is 4.79 Å². The maximum Gasteiger partial charge on any atom is 0.223 e. The van der Waals surface area contributed by atoms with Crippen molar-refractivity contribution in [3.05, 3.63) is 33.5 Å². The van der Waals surface area contributed by atoms with Crippen LogP contribution in [-0.4, -0.2) is 27.2 Å². The van der Waals surface area contributed by atoms with E-state index in [2.05, 4.69) is 10.4 Å². The van der Waals surface area contributed by atoms with Crippen LogP contribution in [0.4, 0.5) is 0 Å². The van der Waals surface area contributed by atoms with Crippen molar-refractivity contribution in [3.8, 4) is 0 Å². The number of aryl methyl sites for hydroxylation is 3. The quantitative estimate of drug-likeness (QED) is 0.934. The van der Waals surface area contributed by atoms with Gasteiger partial charge in [-0.05, 0) is 38.2 Å². The van der Waals surface area contributed by atoms with Gasteiger partial charge in [0.1, 0.15) is 0 Å². The molecular formula is C17H22N4OS. The van der Waals surface area contributed by atoms with Crippen LogP contribution < -0.4 is 5.32 Å². The van der Waals surface area contributed by atoms with Gasteiger partial charge in [-0.25, -0.2) is 4.98 Å². The van der Waals surface area contributed by atoms with E-state index in [4.69, 9.17) is 4.98 Å². The van der Waals surface area contributed by atoms with Crippen LogP contribution >= 0.6 is 11.3 Å². The minimum Gasteiger partial charge on any atom is -0.355 e. The standard InChI is InChI=1S/C17H22N4OS/c22-17(12-7-10-21-13(11-12)5-9-19-21)18-8-6-16-20-14-3-1-2-4-15(14)23-16/h5,9,12H,1-4,6-8,10-11H2,(H,18,22). The van der Waals surface area contributed by atoms with E-state index >= 15 is 0 Å². The average Bonchev–Trinajstić information content (AvgIpc) is 3.19. The van der Waals surface area contributed by atoms with Crippen LogP contribution in [0, 0.1) is 5.92 Å². The summed E-state index contributed by atoms with van der Waals surface area (Å²) in [7, 11) is 0. The lowest BCUT2D eigenvalue weighted by Gasteiger charge is -2.22. The number of hydrogen-bond donors (Lipinski definition) is 1. The molecule has 2 aliphatic rings. The number of carbonyl (C=O) groups excluding carboxylic acids is 1. The summed E-state index contributed by atoms with van der Waals surface area (Å²) in [5.41, 5.74) is 2.48. The SMILES string of the molecule is O=C(NCCc1nc2c(s1)CCCC2)C1CCn2nccc2C1. The van der Waals surface area contributed by atoms with Gasteiger partial charge in [-0.2, -0.15) is 5.10 Å². The minimum atomic E-state index is 0.0868. The molecule has 0 saturated carbocycles. The molecule has 0 spiro atoms. The molecule has 1 unspecified atom stereocenters. The number of nitrogens with zero attached hydrogens (tertiary/aromatic N) is 3. The molecule has 2 aromatic rings. The van der Waals surface area contributed by atoms with Crippen molar-refractivity contribution < 1.29 is 4.79 Å². The van der Waals surface area contributed by atoms with Gasteiger partial charge in [-0.1, -0.05) is 0 Å². The highest BCUT2D eigenvalue weighted by Gasteiger charge is 2.24. The number of carbonyl (C=O) groups is 1. The number of rotatable bonds is 4. The van der Waals surface area contributed by atoms with Gasteiger partial charge in [-0.3, -0.25) is 9.48 Å². The Hall–Kier alpha value is -1.69. The molecule has 0 fully saturated rings. The van der Waals surface area contributed by atoms with Crippen LogP contribution in [-0.2, 0) is 37.0 Å². The van der Waals surface area contributed by atoms with Gasteiger partial charge >= 0.3 is 0 Å². The van der Waals surface area contributed by atoms with E-state index in [0.717, 1.165) is 32.2 Å². The first-order valence-electron chi connectivity index (χ1n) is 8.55. The summed E-state index contributed by atoms with van der Waals surface area (Å²) in [6.07, 6.45) is 9.25. The Morgan fingerprint density at radius 2 is 2.30 bits per heavy atom. The highest BCUT2D eigenvalue weighted by molar-refractivity contribution is 7.11. The van der Waals surface area contributed by atoms with Gasteiger partial charge in [0.25, 0.3) is 0 Å². The summed E-state index contributed by atoms with van der Waals surface area (Å²) >= 11 is 1.84. The molecule has 0 radical (unpaired) electrons. The lowest BCUT2D eigenvalue weighted by Crippen LogP contribution is -2.36. The van der Waals surface area contributed by atoms with Crippen molar-refractivity contribution in [1.29, 1.82) is 0 Å². The molecule has 0 aromatic carbocycles. The number of thiazole rings is 1. The number of fused-ring (bicyclic) bond motifs is 2. The smallest absolute Gasteiger partial charge is 0.223 e. The lowest BCUT2D eigenvalue weighted by atomic mass is 9.95. The summed E-state index contributed by atoms with van der Waals surface area (Å²) in [6, 6.07) is 2.01. The second-order valence-corrected chi connectivity index (χ2v) is 7.63. The van der Waals surface area contributed by atoms with Crippen LogP contribution in [0.2, 0.25) is 0 Å². The van der Waals surface area contributed by atoms with Gasteiger partial charge in [-0.15, -0.1) is 11.3 Å². The molecule has 4 rings (SSSR count). The van der Waals surface area contributed by atoms with Crippen molar-refractivity contribution in [1.82, 2.24) is 20.1 Å². The van der Waals surface area contributed by atoms with Gasteiger partial charge in [0.05, 0.1) is 10.7 Å². The average molecular weight is 330 g/mol. The zero-order valence-electron chi connectivity index (χ0n) is 13.3.